The van der Waals surface area contributed by atoms with Crippen LogP contribution in [0.25, 0.3) is 11.3 Å². The molecule has 142 valence electrons. The third kappa shape index (κ3) is 3.64. The molecule has 2 atom stereocenters. The molecule has 1 saturated heterocycles. The number of rotatable bonds is 4. The van der Waals surface area contributed by atoms with Crippen molar-refractivity contribution in [2.24, 2.45) is 0 Å². The summed E-state index contributed by atoms with van der Waals surface area (Å²) in [6.45, 7) is 4.67. The van der Waals surface area contributed by atoms with Gasteiger partial charge in [-0.15, -0.1) is 0 Å². The standard InChI is InChI=1S/C20H22FN3O3/c1-11-9-22-12(2)18(24-11)16-8-14(21)6-13-7-15(27-19(13)16)10-23-20(25)17-4-3-5-26-17/h6,8-9,15,17H,3-5,7,10H2,1-2H3,(H,23,25)/t15-,17-/m0/s1. The van der Waals surface area contributed by atoms with Gasteiger partial charge in [0.2, 0.25) is 5.91 Å². The van der Waals surface area contributed by atoms with E-state index < -0.39 is 0 Å². The van der Waals surface area contributed by atoms with E-state index in [4.69, 9.17) is 9.47 Å². The van der Waals surface area contributed by atoms with Crippen LogP contribution in [0.2, 0.25) is 0 Å². The fourth-order valence-electron chi connectivity index (χ4n) is 3.59. The van der Waals surface area contributed by atoms with Gasteiger partial charge in [0.05, 0.1) is 23.6 Å². The zero-order valence-electron chi connectivity index (χ0n) is 15.4. The Labute approximate surface area is 157 Å². The Morgan fingerprint density at radius 1 is 1.37 bits per heavy atom. The number of fused-ring (bicyclic) bond motifs is 1. The first kappa shape index (κ1) is 17.9. The second-order valence-electron chi connectivity index (χ2n) is 7.08. The van der Waals surface area contributed by atoms with Gasteiger partial charge < -0.3 is 14.8 Å². The number of nitrogens with zero attached hydrogens (tertiary/aromatic N) is 2. The van der Waals surface area contributed by atoms with Gasteiger partial charge in [-0.1, -0.05) is 0 Å². The van der Waals surface area contributed by atoms with E-state index in [-0.39, 0.29) is 23.9 Å². The quantitative estimate of drug-likeness (QED) is 0.894. The van der Waals surface area contributed by atoms with E-state index in [0.717, 1.165) is 24.1 Å². The van der Waals surface area contributed by atoms with E-state index in [9.17, 15) is 9.18 Å². The number of halogens is 1. The molecule has 1 aromatic heterocycles. The average Bonchev–Trinajstić information content (AvgIpc) is 3.30. The summed E-state index contributed by atoms with van der Waals surface area (Å²) in [6, 6.07) is 2.92. The van der Waals surface area contributed by atoms with Crippen LogP contribution in [0.1, 0.15) is 29.8 Å². The maximum atomic E-state index is 14.2. The van der Waals surface area contributed by atoms with Crippen molar-refractivity contribution < 1.29 is 18.7 Å². The van der Waals surface area contributed by atoms with Crippen molar-refractivity contribution >= 4 is 5.91 Å². The van der Waals surface area contributed by atoms with Gasteiger partial charge in [-0.2, -0.15) is 0 Å². The van der Waals surface area contributed by atoms with Crippen LogP contribution < -0.4 is 10.1 Å². The summed E-state index contributed by atoms with van der Waals surface area (Å²) >= 11 is 0. The van der Waals surface area contributed by atoms with Crippen LogP contribution in [0.15, 0.2) is 18.3 Å². The highest BCUT2D eigenvalue weighted by atomic mass is 19.1. The minimum atomic E-state index is -0.369. The van der Waals surface area contributed by atoms with E-state index >= 15 is 0 Å². The van der Waals surface area contributed by atoms with Crippen molar-refractivity contribution in [1.29, 1.82) is 0 Å². The van der Waals surface area contributed by atoms with Crippen molar-refractivity contribution in [2.75, 3.05) is 13.2 Å². The summed E-state index contributed by atoms with van der Waals surface area (Å²) in [5.41, 5.74) is 3.48. The monoisotopic (exact) mass is 371 g/mol. The Hall–Kier alpha value is -2.54. The minimum Gasteiger partial charge on any atom is -0.487 e. The third-order valence-electron chi connectivity index (χ3n) is 4.92. The SMILES string of the molecule is Cc1cnc(C)c(-c2cc(F)cc3c2O[C@H](CNC(=O)[C@@H]2CCCO2)C3)n1. The number of nitrogens with one attached hydrogen (secondary N) is 1. The summed E-state index contributed by atoms with van der Waals surface area (Å²) in [7, 11) is 0. The first-order valence-corrected chi connectivity index (χ1v) is 9.20. The molecule has 6 nitrogen and oxygen atoms in total. The Morgan fingerprint density at radius 2 is 2.22 bits per heavy atom. The molecule has 0 radical (unpaired) electrons. The van der Waals surface area contributed by atoms with E-state index in [1.165, 1.54) is 12.1 Å². The summed E-state index contributed by atoms with van der Waals surface area (Å²) in [6.07, 6.45) is 3.25. The number of ether oxygens (including phenoxy) is 2. The lowest BCUT2D eigenvalue weighted by atomic mass is 10.0. The lowest BCUT2D eigenvalue weighted by Crippen LogP contribution is -2.40. The molecule has 1 amide bonds. The second kappa shape index (κ2) is 7.23. The average molecular weight is 371 g/mol. The van der Waals surface area contributed by atoms with Crippen LogP contribution in [-0.2, 0) is 16.0 Å². The molecule has 2 aliphatic heterocycles. The van der Waals surface area contributed by atoms with Crippen LogP contribution in [0, 0.1) is 19.7 Å². The van der Waals surface area contributed by atoms with Crippen LogP contribution in [0.3, 0.4) is 0 Å². The Bertz CT molecular complexity index is 881. The highest BCUT2D eigenvalue weighted by molar-refractivity contribution is 5.81. The summed E-state index contributed by atoms with van der Waals surface area (Å²) in [4.78, 5) is 21.0. The molecule has 2 aromatic rings. The fraction of sp³-hybridized carbons (Fsp3) is 0.450. The molecular formula is C20H22FN3O3. The number of aromatic nitrogens is 2. The lowest BCUT2D eigenvalue weighted by Gasteiger charge is -2.15. The second-order valence-corrected chi connectivity index (χ2v) is 7.08. The van der Waals surface area contributed by atoms with Gasteiger partial charge in [0.25, 0.3) is 0 Å². The van der Waals surface area contributed by atoms with Crippen LogP contribution >= 0.6 is 0 Å². The molecule has 0 saturated carbocycles. The highest BCUT2D eigenvalue weighted by Crippen LogP contribution is 2.39. The van der Waals surface area contributed by atoms with Crippen LogP contribution in [0.5, 0.6) is 5.75 Å². The summed E-state index contributed by atoms with van der Waals surface area (Å²) < 4.78 is 25.7. The number of hydrogen-bond acceptors (Lipinski definition) is 5. The van der Waals surface area contributed by atoms with Gasteiger partial charge in [0.15, 0.2) is 0 Å². The molecular weight excluding hydrogens is 349 g/mol. The number of benzene rings is 1. The van der Waals surface area contributed by atoms with Crippen molar-refractivity contribution in [2.45, 2.75) is 45.3 Å². The van der Waals surface area contributed by atoms with Gasteiger partial charge in [-0.25, -0.2) is 9.37 Å². The molecule has 0 unspecified atom stereocenters. The molecule has 0 spiro atoms. The Morgan fingerprint density at radius 3 is 3.00 bits per heavy atom. The first-order chi connectivity index (χ1) is 13.0. The molecule has 1 aromatic carbocycles. The van der Waals surface area contributed by atoms with Gasteiger partial charge in [-0.05, 0) is 38.8 Å². The molecule has 0 aliphatic carbocycles. The van der Waals surface area contributed by atoms with Crippen molar-refractivity contribution in [1.82, 2.24) is 15.3 Å². The Kier molecular flexibility index (Phi) is 4.78. The molecule has 7 heteroatoms. The van der Waals surface area contributed by atoms with E-state index in [2.05, 4.69) is 15.3 Å². The largest absolute Gasteiger partial charge is 0.487 e. The van der Waals surface area contributed by atoms with Crippen LogP contribution in [-0.4, -0.2) is 41.2 Å². The van der Waals surface area contributed by atoms with E-state index in [0.29, 0.717) is 42.3 Å². The Balaban J connectivity index is 1.53. The van der Waals surface area contributed by atoms with Gasteiger partial charge in [0, 0.05) is 30.4 Å². The van der Waals surface area contributed by atoms with Crippen LogP contribution in [0.4, 0.5) is 4.39 Å². The topological polar surface area (TPSA) is 73.3 Å². The molecule has 1 N–H and O–H groups in total. The number of carbonyl (C=O) groups is 1. The van der Waals surface area contributed by atoms with Gasteiger partial charge in [-0.3, -0.25) is 9.78 Å². The van der Waals surface area contributed by atoms with Crippen molar-refractivity contribution in [3.63, 3.8) is 0 Å². The molecule has 4 rings (SSSR count). The van der Waals surface area contributed by atoms with Crippen molar-refractivity contribution in [3.05, 3.63) is 41.1 Å². The highest BCUT2D eigenvalue weighted by Gasteiger charge is 2.30. The number of carbonyl (C=O) groups excluding carboxylic acids is 1. The molecule has 2 aliphatic rings. The third-order valence-corrected chi connectivity index (χ3v) is 4.92. The minimum absolute atomic E-state index is 0.112. The predicted molar refractivity (Wildman–Crippen MR) is 97.0 cm³/mol. The van der Waals surface area contributed by atoms with E-state index in [1.54, 1.807) is 6.20 Å². The summed E-state index contributed by atoms with van der Waals surface area (Å²) in [5, 5.41) is 2.89. The molecule has 3 heterocycles. The lowest BCUT2D eigenvalue weighted by molar-refractivity contribution is -0.130. The first-order valence-electron chi connectivity index (χ1n) is 9.20. The number of aryl methyl sites for hydroxylation is 2. The van der Waals surface area contributed by atoms with Crippen molar-refractivity contribution in [3.8, 4) is 17.0 Å². The van der Waals surface area contributed by atoms with E-state index in [1.807, 2.05) is 13.8 Å². The summed E-state index contributed by atoms with van der Waals surface area (Å²) in [5.74, 6) is 0.175. The zero-order valence-corrected chi connectivity index (χ0v) is 15.4. The maximum absolute atomic E-state index is 14.2. The normalized spacial score (nSPS) is 21.0. The predicted octanol–water partition coefficient (Wildman–Crippen LogP) is 2.50. The van der Waals surface area contributed by atoms with Gasteiger partial charge >= 0.3 is 0 Å². The zero-order chi connectivity index (χ0) is 19.0. The molecule has 27 heavy (non-hydrogen) atoms. The number of amides is 1. The smallest absolute Gasteiger partial charge is 0.249 e. The molecule has 0 bridgehead atoms. The molecule has 1 fully saturated rings. The maximum Gasteiger partial charge on any atom is 0.249 e. The van der Waals surface area contributed by atoms with Gasteiger partial charge in [0.1, 0.15) is 23.8 Å². The number of hydrogen-bond donors (Lipinski definition) is 1. The fourth-order valence-corrected chi connectivity index (χ4v) is 3.59.